The van der Waals surface area contributed by atoms with Gasteiger partial charge >= 0.3 is 0 Å². The maximum absolute atomic E-state index is 9.67. The number of hydrogen-bond donors (Lipinski definition) is 1. The molecule has 98 valence electrons. The molecule has 5 nitrogen and oxygen atoms in total. The second-order valence-corrected chi connectivity index (χ2v) is 4.19. The molecule has 1 unspecified atom stereocenters. The summed E-state index contributed by atoms with van der Waals surface area (Å²) in [6.07, 6.45) is 0.978. The predicted octanol–water partition coefficient (Wildman–Crippen LogP) is 2.66. The molecule has 2 heterocycles. The van der Waals surface area contributed by atoms with Gasteiger partial charge in [0.15, 0.2) is 11.5 Å². The van der Waals surface area contributed by atoms with Crippen molar-refractivity contribution in [2.24, 2.45) is 0 Å². The number of pyridine rings is 1. The number of rotatable bonds is 3. The van der Waals surface area contributed by atoms with Crippen molar-refractivity contribution in [3.05, 3.63) is 42.1 Å². The zero-order valence-corrected chi connectivity index (χ0v) is 10.4. The Morgan fingerprint density at radius 2 is 2.11 bits per heavy atom. The van der Waals surface area contributed by atoms with Crippen molar-refractivity contribution in [3.8, 4) is 23.1 Å². The lowest BCUT2D eigenvalue weighted by atomic mass is 10.2. The van der Waals surface area contributed by atoms with Gasteiger partial charge in [0, 0.05) is 17.8 Å². The van der Waals surface area contributed by atoms with Gasteiger partial charge in [0.25, 0.3) is 0 Å². The van der Waals surface area contributed by atoms with Crippen molar-refractivity contribution in [3.63, 3.8) is 0 Å². The quantitative estimate of drug-likeness (QED) is 0.918. The molecule has 0 bridgehead atoms. The van der Waals surface area contributed by atoms with Crippen molar-refractivity contribution >= 4 is 0 Å². The molecule has 3 rings (SSSR count). The first-order chi connectivity index (χ1) is 9.24. The minimum Gasteiger partial charge on any atom is -0.454 e. The lowest BCUT2D eigenvalue weighted by Gasteiger charge is -2.11. The molecular weight excluding hydrogens is 246 g/mol. The minimum absolute atomic E-state index is 0.224. The molecule has 1 aromatic heterocycles. The maximum atomic E-state index is 9.67. The van der Waals surface area contributed by atoms with Crippen LogP contribution in [0.25, 0.3) is 0 Å². The molecule has 0 saturated carbocycles. The van der Waals surface area contributed by atoms with Crippen molar-refractivity contribution in [2.45, 2.75) is 13.0 Å². The smallest absolute Gasteiger partial charge is 0.231 e. The molecule has 19 heavy (non-hydrogen) atoms. The molecule has 0 fully saturated rings. The number of aliphatic hydroxyl groups excluding tert-OH is 1. The lowest BCUT2D eigenvalue weighted by Crippen LogP contribution is -1.98. The van der Waals surface area contributed by atoms with E-state index in [2.05, 4.69) is 4.98 Å². The molecule has 5 heteroatoms. The molecule has 0 saturated heterocycles. The Bertz CT molecular complexity index is 598. The fraction of sp³-hybridized carbons (Fsp3) is 0.214. The third kappa shape index (κ3) is 2.32. The Labute approximate surface area is 110 Å². The van der Waals surface area contributed by atoms with Crippen LogP contribution in [0.4, 0.5) is 0 Å². The molecule has 0 aliphatic carbocycles. The standard InChI is InChI=1S/C14H13NO4/c1-9(16)11-3-2-6-15-14(11)19-10-4-5-12-13(7-10)18-8-17-12/h2-7,9,16H,8H2,1H3. The second kappa shape index (κ2) is 4.78. The van der Waals surface area contributed by atoms with Crippen LogP contribution >= 0.6 is 0 Å². The lowest BCUT2D eigenvalue weighted by molar-refractivity contribution is 0.174. The Balaban J connectivity index is 1.89. The van der Waals surface area contributed by atoms with E-state index in [0.717, 1.165) is 0 Å². The Hall–Kier alpha value is -2.27. The summed E-state index contributed by atoms with van der Waals surface area (Å²) in [5.74, 6) is 2.32. The van der Waals surface area contributed by atoms with Gasteiger partial charge in [0.05, 0.1) is 6.10 Å². The number of benzene rings is 1. The number of fused-ring (bicyclic) bond motifs is 1. The van der Waals surface area contributed by atoms with Crippen LogP contribution < -0.4 is 14.2 Å². The highest BCUT2D eigenvalue weighted by Crippen LogP contribution is 2.37. The van der Waals surface area contributed by atoms with Gasteiger partial charge in [-0.2, -0.15) is 0 Å². The van der Waals surface area contributed by atoms with Crippen LogP contribution in [0.15, 0.2) is 36.5 Å². The average Bonchev–Trinajstić information content (AvgIpc) is 2.86. The molecule has 2 aromatic rings. The highest BCUT2D eigenvalue weighted by atomic mass is 16.7. The van der Waals surface area contributed by atoms with E-state index in [9.17, 15) is 5.11 Å². The van der Waals surface area contributed by atoms with Crippen molar-refractivity contribution in [1.29, 1.82) is 0 Å². The Morgan fingerprint density at radius 3 is 2.95 bits per heavy atom. The van der Waals surface area contributed by atoms with Crippen molar-refractivity contribution < 1.29 is 19.3 Å². The molecule has 1 atom stereocenters. The third-order valence-corrected chi connectivity index (χ3v) is 2.81. The van der Waals surface area contributed by atoms with Crippen LogP contribution in [0, 0.1) is 0 Å². The molecule has 0 amide bonds. The molecule has 0 radical (unpaired) electrons. The minimum atomic E-state index is -0.641. The number of hydrogen-bond acceptors (Lipinski definition) is 5. The summed E-state index contributed by atoms with van der Waals surface area (Å²) >= 11 is 0. The van der Waals surface area contributed by atoms with E-state index in [1.165, 1.54) is 0 Å². The van der Waals surface area contributed by atoms with Gasteiger partial charge in [-0.1, -0.05) is 0 Å². The highest BCUT2D eigenvalue weighted by molar-refractivity contribution is 5.48. The average molecular weight is 259 g/mol. The number of ether oxygens (including phenoxy) is 3. The summed E-state index contributed by atoms with van der Waals surface area (Å²) in [5.41, 5.74) is 0.639. The summed E-state index contributed by atoms with van der Waals surface area (Å²) in [5, 5.41) is 9.67. The van der Waals surface area contributed by atoms with E-state index in [1.807, 2.05) is 0 Å². The van der Waals surface area contributed by atoms with Crippen LogP contribution in [-0.2, 0) is 0 Å². The molecule has 1 aromatic carbocycles. The number of aromatic nitrogens is 1. The van der Waals surface area contributed by atoms with E-state index < -0.39 is 6.10 Å². The first-order valence-electron chi connectivity index (χ1n) is 5.94. The summed E-state index contributed by atoms with van der Waals surface area (Å²) in [4.78, 5) is 4.13. The first kappa shape index (κ1) is 11.8. The summed E-state index contributed by atoms with van der Waals surface area (Å²) in [7, 11) is 0. The summed E-state index contributed by atoms with van der Waals surface area (Å²) < 4.78 is 16.2. The number of nitrogens with zero attached hydrogens (tertiary/aromatic N) is 1. The molecule has 1 aliphatic heterocycles. The normalized spacial score (nSPS) is 14.2. The van der Waals surface area contributed by atoms with Gasteiger partial charge in [0.1, 0.15) is 5.75 Å². The number of aliphatic hydroxyl groups is 1. The van der Waals surface area contributed by atoms with Crippen molar-refractivity contribution in [2.75, 3.05) is 6.79 Å². The van der Waals surface area contributed by atoms with Crippen molar-refractivity contribution in [1.82, 2.24) is 4.98 Å². The second-order valence-electron chi connectivity index (χ2n) is 4.19. The Kier molecular flexibility index (Phi) is 2.97. The summed E-state index contributed by atoms with van der Waals surface area (Å²) in [6.45, 7) is 1.89. The first-order valence-corrected chi connectivity index (χ1v) is 5.94. The largest absolute Gasteiger partial charge is 0.454 e. The van der Waals surface area contributed by atoms with Crippen LogP contribution in [0.1, 0.15) is 18.6 Å². The van der Waals surface area contributed by atoms with Gasteiger partial charge in [-0.3, -0.25) is 0 Å². The fourth-order valence-corrected chi connectivity index (χ4v) is 1.86. The van der Waals surface area contributed by atoms with Crippen LogP contribution in [-0.4, -0.2) is 16.9 Å². The Morgan fingerprint density at radius 1 is 1.26 bits per heavy atom. The van der Waals surface area contributed by atoms with E-state index in [1.54, 1.807) is 43.5 Å². The zero-order chi connectivity index (χ0) is 13.2. The zero-order valence-electron chi connectivity index (χ0n) is 10.4. The molecule has 1 aliphatic rings. The molecule has 1 N–H and O–H groups in total. The highest BCUT2D eigenvalue weighted by Gasteiger charge is 2.16. The van der Waals surface area contributed by atoms with Gasteiger partial charge in [-0.05, 0) is 31.2 Å². The van der Waals surface area contributed by atoms with E-state index in [0.29, 0.717) is 28.7 Å². The monoisotopic (exact) mass is 259 g/mol. The fourth-order valence-electron chi connectivity index (χ4n) is 1.86. The topological polar surface area (TPSA) is 60.8 Å². The van der Waals surface area contributed by atoms with Gasteiger partial charge in [0.2, 0.25) is 12.7 Å². The van der Waals surface area contributed by atoms with E-state index in [4.69, 9.17) is 14.2 Å². The van der Waals surface area contributed by atoms with E-state index in [-0.39, 0.29) is 6.79 Å². The van der Waals surface area contributed by atoms with Crippen LogP contribution in [0.5, 0.6) is 23.1 Å². The van der Waals surface area contributed by atoms with Crippen LogP contribution in [0.3, 0.4) is 0 Å². The predicted molar refractivity (Wildman–Crippen MR) is 67.5 cm³/mol. The molecular formula is C14H13NO4. The van der Waals surface area contributed by atoms with Gasteiger partial charge in [-0.25, -0.2) is 4.98 Å². The molecule has 0 spiro atoms. The van der Waals surface area contributed by atoms with Gasteiger partial charge in [-0.15, -0.1) is 0 Å². The SMILES string of the molecule is CC(O)c1cccnc1Oc1ccc2c(c1)OCO2. The van der Waals surface area contributed by atoms with Crippen LogP contribution in [0.2, 0.25) is 0 Å². The van der Waals surface area contributed by atoms with Gasteiger partial charge < -0.3 is 19.3 Å². The third-order valence-electron chi connectivity index (χ3n) is 2.81. The maximum Gasteiger partial charge on any atom is 0.231 e. The summed E-state index contributed by atoms with van der Waals surface area (Å²) in [6, 6.07) is 8.83. The van der Waals surface area contributed by atoms with E-state index >= 15 is 0 Å².